The summed E-state index contributed by atoms with van der Waals surface area (Å²) in [6, 6.07) is 5.86. The van der Waals surface area contributed by atoms with E-state index in [0.717, 1.165) is 48.7 Å². The topological polar surface area (TPSA) is 75.3 Å². The summed E-state index contributed by atoms with van der Waals surface area (Å²) in [5.74, 6) is 2.09. The van der Waals surface area contributed by atoms with Gasteiger partial charge >= 0.3 is 0 Å². The van der Waals surface area contributed by atoms with Crippen LogP contribution < -0.4 is 5.32 Å². The SMILES string of the molecule is OC1CCC(CNc2ccc3nnc(-c4ccsc4)n3n2)C1. The minimum atomic E-state index is -0.134. The van der Waals surface area contributed by atoms with E-state index in [1.54, 1.807) is 15.9 Å². The highest BCUT2D eigenvalue weighted by Crippen LogP contribution is 2.26. The Morgan fingerprint density at radius 3 is 3.00 bits per heavy atom. The van der Waals surface area contributed by atoms with Gasteiger partial charge in [-0.1, -0.05) is 0 Å². The molecule has 0 bridgehead atoms. The summed E-state index contributed by atoms with van der Waals surface area (Å²) >= 11 is 1.63. The van der Waals surface area contributed by atoms with Gasteiger partial charge in [0.15, 0.2) is 11.5 Å². The fourth-order valence-electron chi connectivity index (χ4n) is 2.94. The molecule has 4 rings (SSSR count). The van der Waals surface area contributed by atoms with E-state index in [1.165, 1.54) is 0 Å². The zero-order chi connectivity index (χ0) is 14.9. The van der Waals surface area contributed by atoms with Gasteiger partial charge in [-0.15, -0.1) is 15.3 Å². The second-order valence-corrected chi connectivity index (χ2v) is 6.52. The molecule has 22 heavy (non-hydrogen) atoms. The highest BCUT2D eigenvalue weighted by Gasteiger charge is 2.22. The zero-order valence-corrected chi connectivity index (χ0v) is 12.8. The minimum absolute atomic E-state index is 0.134. The van der Waals surface area contributed by atoms with Crippen molar-refractivity contribution in [3.8, 4) is 11.4 Å². The van der Waals surface area contributed by atoms with Crippen molar-refractivity contribution in [3.63, 3.8) is 0 Å². The van der Waals surface area contributed by atoms with Crippen molar-refractivity contribution in [1.29, 1.82) is 0 Å². The van der Waals surface area contributed by atoms with Gasteiger partial charge in [0.1, 0.15) is 5.82 Å². The van der Waals surface area contributed by atoms with Crippen molar-refractivity contribution in [2.24, 2.45) is 5.92 Å². The number of nitrogens with zero attached hydrogens (tertiary/aromatic N) is 4. The quantitative estimate of drug-likeness (QED) is 0.773. The number of hydrogen-bond donors (Lipinski definition) is 2. The molecule has 0 saturated heterocycles. The van der Waals surface area contributed by atoms with Crippen molar-refractivity contribution in [3.05, 3.63) is 29.0 Å². The maximum absolute atomic E-state index is 9.59. The van der Waals surface area contributed by atoms with Gasteiger partial charge in [0.25, 0.3) is 0 Å². The molecule has 6 nitrogen and oxygen atoms in total. The molecule has 0 aromatic carbocycles. The van der Waals surface area contributed by atoms with Crippen LogP contribution in [0.5, 0.6) is 0 Å². The van der Waals surface area contributed by atoms with Crippen LogP contribution >= 0.6 is 11.3 Å². The summed E-state index contributed by atoms with van der Waals surface area (Å²) in [5, 5.41) is 30.0. The highest BCUT2D eigenvalue weighted by molar-refractivity contribution is 7.08. The van der Waals surface area contributed by atoms with Crippen LogP contribution in [0.3, 0.4) is 0 Å². The molecule has 114 valence electrons. The largest absolute Gasteiger partial charge is 0.393 e. The van der Waals surface area contributed by atoms with Crippen LogP contribution in [0.25, 0.3) is 17.0 Å². The predicted octanol–water partition coefficient (Wildman–Crippen LogP) is 2.43. The fourth-order valence-corrected chi connectivity index (χ4v) is 3.57. The summed E-state index contributed by atoms with van der Waals surface area (Å²) < 4.78 is 1.77. The Kier molecular flexibility index (Phi) is 3.51. The van der Waals surface area contributed by atoms with Crippen molar-refractivity contribution in [2.45, 2.75) is 25.4 Å². The fraction of sp³-hybridized carbons (Fsp3) is 0.400. The number of anilines is 1. The second kappa shape index (κ2) is 5.66. The Morgan fingerprint density at radius 1 is 1.27 bits per heavy atom. The zero-order valence-electron chi connectivity index (χ0n) is 12.0. The van der Waals surface area contributed by atoms with Crippen LogP contribution in [0.4, 0.5) is 5.82 Å². The summed E-state index contributed by atoms with van der Waals surface area (Å²) in [7, 11) is 0. The lowest BCUT2D eigenvalue weighted by Gasteiger charge is -2.11. The number of thiophene rings is 1. The number of rotatable bonds is 4. The van der Waals surface area contributed by atoms with Crippen molar-refractivity contribution < 1.29 is 5.11 Å². The van der Waals surface area contributed by atoms with Crippen LogP contribution in [0, 0.1) is 5.92 Å². The van der Waals surface area contributed by atoms with Crippen LogP contribution in [0.2, 0.25) is 0 Å². The number of aliphatic hydroxyl groups is 1. The first-order valence-electron chi connectivity index (χ1n) is 7.46. The molecule has 1 saturated carbocycles. The van der Waals surface area contributed by atoms with Crippen LogP contribution in [-0.2, 0) is 0 Å². The Labute approximate surface area is 131 Å². The first-order chi connectivity index (χ1) is 10.8. The average molecular weight is 315 g/mol. The number of fused-ring (bicyclic) bond motifs is 1. The summed E-state index contributed by atoms with van der Waals surface area (Å²) in [6.07, 6.45) is 2.72. The van der Waals surface area contributed by atoms with E-state index in [1.807, 2.05) is 29.0 Å². The summed E-state index contributed by atoms with van der Waals surface area (Å²) in [5.41, 5.74) is 1.77. The molecule has 3 aromatic heterocycles. The van der Waals surface area contributed by atoms with Crippen molar-refractivity contribution >= 4 is 22.8 Å². The van der Waals surface area contributed by atoms with E-state index in [9.17, 15) is 5.11 Å². The minimum Gasteiger partial charge on any atom is -0.393 e. The van der Waals surface area contributed by atoms with Crippen LogP contribution in [0.1, 0.15) is 19.3 Å². The Morgan fingerprint density at radius 2 is 2.23 bits per heavy atom. The van der Waals surface area contributed by atoms with Crippen LogP contribution in [0.15, 0.2) is 29.0 Å². The molecule has 0 spiro atoms. The molecule has 2 N–H and O–H groups in total. The smallest absolute Gasteiger partial charge is 0.186 e. The number of nitrogens with one attached hydrogen (secondary N) is 1. The number of aromatic nitrogens is 4. The predicted molar refractivity (Wildman–Crippen MR) is 85.9 cm³/mol. The Balaban J connectivity index is 1.56. The summed E-state index contributed by atoms with van der Waals surface area (Å²) in [6.45, 7) is 0.839. The molecule has 3 heterocycles. The molecule has 1 aliphatic rings. The van der Waals surface area contributed by atoms with Gasteiger partial charge in [-0.05, 0) is 48.8 Å². The Hall–Kier alpha value is -1.99. The molecule has 3 aromatic rings. The normalized spacial score (nSPS) is 21.5. The maximum atomic E-state index is 9.59. The van der Waals surface area contributed by atoms with Gasteiger partial charge in [0.2, 0.25) is 0 Å². The van der Waals surface area contributed by atoms with Gasteiger partial charge in [-0.25, -0.2) is 0 Å². The molecule has 2 unspecified atom stereocenters. The van der Waals surface area contributed by atoms with E-state index in [4.69, 9.17) is 0 Å². The van der Waals surface area contributed by atoms with Gasteiger partial charge in [0, 0.05) is 17.5 Å². The highest BCUT2D eigenvalue weighted by atomic mass is 32.1. The molecular weight excluding hydrogens is 298 g/mol. The lowest BCUT2D eigenvalue weighted by atomic mass is 10.1. The maximum Gasteiger partial charge on any atom is 0.186 e. The van der Waals surface area contributed by atoms with Gasteiger partial charge in [-0.3, -0.25) is 0 Å². The molecule has 1 fully saturated rings. The standard InChI is InChI=1S/C15H17N5OS/c21-12-2-1-10(7-12)8-16-13-3-4-14-17-18-15(20(14)19-13)11-5-6-22-9-11/h3-6,9-10,12,21H,1-2,7-8H2,(H,16,19). The van der Waals surface area contributed by atoms with E-state index in [2.05, 4.69) is 20.6 Å². The lowest BCUT2D eigenvalue weighted by molar-refractivity contribution is 0.178. The second-order valence-electron chi connectivity index (χ2n) is 5.74. The lowest BCUT2D eigenvalue weighted by Crippen LogP contribution is -2.14. The molecule has 0 radical (unpaired) electrons. The average Bonchev–Trinajstić information content (AvgIpc) is 3.24. The molecule has 1 aliphatic carbocycles. The molecule has 7 heteroatoms. The first kappa shape index (κ1) is 13.7. The molecule has 0 aliphatic heterocycles. The van der Waals surface area contributed by atoms with E-state index >= 15 is 0 Å². The Bertz CT molecular complexity index is 769. The third-order valence-corrected chi connectivity index (χ3v) is 4.81. The van der Waals surface area contributed by atoms with Gasteiger partial charge in [0.05, 0.1) is 6.10 Å². The van der Waals surface area contributed by atoms with Crippen LogP contribution in [-0.4, -0.2) is 37.6 Å². The van der Waals surface area contributed by atoms with Crippen molar-refractivity contribution in [2.75, 3.05) is 11.9 Å². The molecule has 0 amide bonds. The number of hydrogen-bond acceptors (Lipinski definition) is 6. The van der Waals surface area contributed by atoms with Gasteiger partial charge < -0.3 is 10.4 Å². The van der Waals surface area contributed by atoms with E-state index in [-0.39, 0.29) is 6.10 Å². The van der Waals surface area contributed by atoms with Gasteiger partial charge in [-0.2, -0.15) is 15.9 Å². The first-order valence-corrected chi connectivity index (χ1v) is 8.41. The van der Waals surface area contributed by atoms with E-state index in [0.29, 0.717) is 5.92 Å². The third kappa shape index (κ3) is 2.57. The summed E-state index contributed by atoms with van der Waals surface area (Å²) in [4.78, 5) is 0. The monoisotopic (exact) mass is 315 g/mol. The van der Waals surface area contributed by atoms with E-state index < -0.39 is 0 Å². The molecule has 2 atom stereocenters. The third-order valence-electron chi connectivity index (χ3n) is 4.13. The molecular formula is C15H17N5OS. The van der Waals surface area contributed by atoms with Crippen molar-refractivity contribution in [1.82, 2.24) is 19.8 Å². The number of aliphatic hydroxyl groups excluding tert-OH is 1.